The molecule has 1 nitrogen and oxygen atoms in total. The Morgan fingerprint density at radius 2 is 1.90 bits per heavy atom. The first-order valence-corrected chi connectivity index (χ1v) is 8.73. The van der Waals surface area contributed by atoms with Crippen molar-refractivity contribution in [2.75, 3.05) is 7.11 Å². The van der Waals surface area contributed by atoms with Crippen molar-refractivity contribution in [3.8, 4) is 5.75 Å². The van der Waals surface area contributed by atoms with Crippen LogP contribution in [0.5, 0.6) is 5.75 Å². The second kappa shape index (κ2) is 5.88. The fourth-order valence-corrected chi connectivity index (χ4v) is 4.52. The van der Waals surface area contributed by atoms with E-state index in [-0.39, 0.29) is 4.83 Å². The van der Waals surface area contributed by atoms with Crippen LogP contribution in [0.25, 0.3) is 10.1 Å². The number of hydrogen-bond donors (Lipinski definition) is 0. The molecule has 0 aliphatic heterocycles. The molecule has 3 rings (SSSR count). The molecule has 3 aromatic rings. The molecule has 0 amide bonds. The summed E-state index contributed by atoms with van der Waals surface area (Å²) < 4.78 is 7.83. The summed E-state index contributed by atoms with van der Waals surface area (Å²) in [5, 5.41) is 3.51. The molecule has 2 aromatic carbocycles. The standard InChI is InChI=1S/C16H12Br2OS/c1-19-14-8-10(17)6-7-12(14)16(18)13-9-20-15-5-3-2-4-11(13)15/h2-9,16H,1H3. The van der Waals surface area contributed by atoms with Gasteiger partial charge in [0.2, 0.25) is 0 Å². The van der Waals surface area contributed by atoms with Gasteiger partial charge >= 0.3 is 0 Å². The molecular formula is C16H12Br2OS. The second-order valence-corrected chi connectivity index (χ2v) is 7.18. The summed E-state index contributed by atoms with van der Waals surface area (Å²) in [6, 6.07) is 14.6. The summed E-state index contributed by atoms with van der Waals surface area (Å²) >= 11 is 9.08. The van der Waals surface area contributed by atoms with Crippen molar-refractivity contribution >= 4 is 53.3 Å². The summed E-state index contributed by atoms with van der Waals surface area (Å²) in [4.78, 5) is 0.127. The minimum atomic E-state index is 0.127. The number of halogens is 2. The Morgan fingerprint density at radius 3 is 2.70 bits per heavy atom. The molecular weight excluding hydrogens is 400 g/mol. The predicted molar refractivity (Wildman–Crippen MR) is 93.3 cm³/mol. The predicted octanol–water partition coefficient (Wildman–Crippen LogP) is 6.16. The molecule has 4 heteroatoms. The zero-order chi connectivity index (χ0) is 14.1. The summed E-state index contributed by atoms with van der Waals surface area (Å²) in [6.07, 6.45) is 0. The number of methoxy groups -OCH3 is 1. The Morgan fingerprint density at radius 1 is 1.10 bits per heavy atom. The van der Waals surface area contributed by atoms with Gasteiger partial charge in [-0.3, -0.25) is 0 Å². The van der Waals surface area contributed by atoms with Gasteiger partial charge in [0.1, 0.15) is 5.75 Å². The SMILES string of the molecule is COc1cc(Br)ccc1C(Br)c1csc2ccccc12. The van der Waals surface area contributed by atoms with Crippen LogP contribution in [-0.4, -0.2) is 7.11 Å². The molecule has 1 atom stereocenters. The van der Waals surface area contributed by atoms with Crippen LogP contribution in [0.15, 0.2) is 52.3 Å². The Balaban J connectivity index is 2.10. The minimum absolute atomic E-state index is 0.127. The lowest BCUT2D eigenvalue weighted by Gasteiger charge is -2.14. The first kappa shape index (κ1) is 14.1. The molecule has 0 saturated carbocycles. The Bertz CT molecular complexity index is 751. The molecule has 0 fully saturated rings. The highest BCUT2D eigenvalue weighted by Crippen LogP contribution is 2.42. The van der Waals surface area contributed by atoms with Gasteiger partial charge < -0.3 is 4.74 Å². The van der Waals surface area contributed by atoms with Gasteiger partial charge in [-0.15, -0.1) is 11.3 Å². The molecule has 0 aliphatic carbocycles. The number of benzene rings is 2. The first-order valence-electron chi connectivity index (χ1n) is 6.14. The van der Waals surface area contributed by atoms with Gasteiger partial charge in [-0.05, 0) is 34.5 Å². The van der Waals surface area contributed by atoms with Gasteiger partial charge in [-0.1, -0.05) is 56.1 Å². The molecule has 1 aromatic heterocycles. The molecule has 0 saturated heterocycles. The molecule has 20 heavy (non-hydrogen) atoms. The number of hydrogen-bond acceptors (Lipinski definition) is 2. The number of thiophene rings is 1. The summed E-state index contributed by atoms with van der Waals surface area (Å²) in [6.45, 7) is 0. The fourth-order valence-electron chi connectivity index (χ4n) is 2.26. The number of fused-ring (bicyclic) bond motifs is 1. The van der Waals surface area contributed by atoms with E-state index in [9.17, 15) is 0 Å². The molecule has 0 aliphatic rings. The van der Waals surface area contributed by atoms with Crippen LogP contribution in [0.1, 0.15) is 16.0 Å². The minimum Gasteiger partial charge on any atom is -0.496 e. The Kier molecular flexibility index (Phi) is 4.15. The zero-order valence-electron chi connectivity index (χ0n) is 10.8. The molecule has 102 valence electrons. The third kappa shape index (κ3) is 2.52. The fraction of sp³-hybridized carbons (Fsp3) is 0.125. The van der Waals surface area contributed by atoms with Crippen LogP contribution in [0.2, 0.25) is 0 Å². The highest BCUT2D eigenvalue weighted by Gasteiger charge is 2.18. The van der Waals surface area contributed by atoms with Gasteiger partial charge in [0.25, 0.3) is 0 Å². The van der Waals surface area contributed by atoms with Gasteiger partial charge in [0, 0.05) is 14.7 Å². The van der Waals surface area contributed by atoms with Crippen molar-refractivity contribution in [2.45, 2.75) is 4.83 Å². The quantitative estimate of drug-likeness (QED) is 0.469. The van der Waals surface area contributed by atoms with Crippen LogP contribution < -0.4 is 4.74 Å². The highest BCUT2D eigenvalue weighted by molar-refractivity contribution is 9.10. The van der Waals surface area contributed by atoms with E-state index in [1.807, 2.05) is 12.1 Å². The van der Waals surface area contributed by atoms with Gasteiger partial charge in [-0.25, -0.2) is 0 Å². The van der Waals surface area contributed by atoms with Crippen molar-refractivity contribution in [2.24, 2.45) is 0 Å². The highest BCUT2D eigenvalue weighted by atomic mass is 79.9. The van der Waals surface area contributed by atoms with Crippen LogP contribution in [-0.2, 0) is 0 Å². The zero-order valence-corrected chi connectivity index (χ0v) is 14.8. The molecule has 1 heterocycles. The third-order valence-electron chi connectivity index (χ3n) is 3.25. The van der Waals surface area contributed by atoms with E-state index in [4.69, 9.17) is 4.74 Å². The topological polar surface area (TPSA) is 9.23 Å². The lowest BCUT2D eigenvalue weighted by molar-refractivity contribution is 0.410. The number of alkyl halides is 1. The number of ether oxygens (including phenoxy) is 1. The van der Waals surface area contributed by atoms with E-state index < -0.39 is 0 Å². The van der Waals surface area contributed by atoms with E-state index in [1.54, 1.807) is 18.4 Å². The first-order chi connectivity index (χ1) is 9.70. The Labute approximate surface area is 138 Å². The molecule has 0 N–H and O–H groups in total. The number of rotatable bonds is 3. The van der Waals surface area contributed by atoms with Gasteiger partial charge in [-0.2, -0.15) is 0 Å². The molecule has 0 radical (unpaired) electrons. The van der Waals surface area contributed by atoms with E-state index in [0.717, 1.165) is 15.8 Å². The van der Waals surface area contributed by atoms with E-state index in [1.165, 1.54) is 15.6 Å². The van der Waals surface area contributed by atoms with Crippen molar-refractivity contribution in [1.29, 1.82) is 0 Å². The van der Waals surface area contributed by atoms with Crippen molar-refractivity contribution in [1.82, 2.24) is 0 Å². The summed E-state index contributed by atoms with van der Waals surface area (Å²) in [5.41, 5.74) is 2.42. The maximum atomic E-state index is 5.50. The lowest BCUT2D eigenvalue weighted by atomic mass is 10.0. The monoisotopic (exact) mass is 410 g/mol. The summed E-state index contributed by atoms with van der Waals surface area (Å²) in [5.74, 6) is 0.886. The van der Waals surface area contributed by atoms with Crippen LogP contribution >= 0.6 is 43.2 Å². The van der Waals surface area contributed by atoms with Crippen LogP contribution in [0.4, 0.5) is 0 Å². The normalized spacial score (nSPS) is 12.6. The van der Waals surface area contributed by atoms with Gasteiger partial charge in [0.15, 0.2) is 0 Å². The lowest BCUT2D eigenvalue weighted by Crippen LogP contribution is -1.96. The largest absolute Gasteiger partial charge is 0.496 e. The van der Waals surface area contributed by atoms with Crippen LogP contribution in [0.3, 0.4) is 0 Å². The molecule has 0 spiro atoms. The van der Waals surface area contributed by atoms with Crippen molar-refractivity contribution < 1.29 is 4.74 Å². The second-order valence-electron chi connectivity index (χ2n) is 4.44. The average molecular weight is 412 g/mol. The summed E-state index contributed by atoms with van der Waals surface area (Å²) in [7, 11) is 1.71. The van der Waals surface area contributed by atoms with Crippen LogP contribution in [0, 0.1) is 0 Å². The van der Waals surface area contributed by atoms with E-state index in [0.29, 0.717) is 0 Å². The van der Waals surface area contributed by atoms with E-state index in [2.05, 4.69) is 67.6 Å². The smallest absolute Gasteiger partial charge is 0.124 e. The average Bonchev–Trinajstić information content (AvgIpc) is 2.90. The maximum Gasteiger partial charge on any atom is 0.124 e. The van der Waals surface area contributed by atoms with Crippen molar-refractivity contribution in [3.63, 3.8) is 0 Å². The maximum absolute atomic E-state index is 5.50. The Hall–Kier alpha value is -0.840. The molecule has 1 unspecified atom stereocenters. The molecule has 0 bridgehead atoms. The van der Waals surface area contributed by atoms with E-state index >= 15 is 0 Å². The third-order valence-corrected chi connectivity index (χ3v) is 5.71. The van der Waals surface area contributed by atoms with Crippen molar-refractivity contribution in [3.05, 3.63) is 63.4 Å². The van der Waals surface area contributed by atoms with Gasteiger partial charge in [0.05, 0.1) is 11.9 Å².